The van der Waals surface area contributed by atoms with Crippen molar-refractivity contribution in [2.75, 3.05) is 0 Å². The predicted molar refractivity (Wildman–Crippen MR) is 69.3 cm³/mol. The molecule has 0 spiro atoms. The largest absolute Gasteiger partial charge is 0.480 e. The molecule has 2 aromatic rings. The summed E-state index contributed by atoms with van der Waals surface area (Å²) in [6.07, 6.45) is -0.153. The molecule has 0 saturated heterocycles. The predicted octanol–water partition coefficient (Wildman–Crippen LogP) is -0.0747. The van der Waals surface area contributed by atoms with Crippen molar-refractivity contribution in [2.45, 2.75) is 12.5 Å². The van der Waals surface area contributed by atoms with Crippen molar-refractivity contribution in [3.63, 3.8) is 0 Å². The van der Waals surface area contributed by atoms with Crippen LogP contribution in [0.3, 0.4) is 0 Å². The van der Waals surface area contributed by atoms with Crippen molar-refractivity contribution in [3.05, 3.63) is 29.8 Å². The van der Waals surface area contributed by atoms with E-state index in [4.69, 9.17) is 10.8 Å². The van der Waals surface area contributed by atoms with Crippen LogP contribution in [0.2, 0.25) is 0 Å². The van der Waals surface area contributed by atoms with Crippen molar-refractivity contribution in [1.29, 1.82) is 0 Å². The molecular formula is C11H13N2O5P. The molecule has 0 radical (unpaired) electrons. The van der Waals surface area contributed by atoms with Crippen molar-refractivity contribution < 1.29 is 24.3 Å². The monoisotopic (exact) mass is 284 g/mol. The maximum absolute atomic E-state index is 11.4. The summed E-state index contributed by atoms with van der Waals surface area (Å²) in [6.45, 7) is 0. The van der Waals surface area contributed by atoms with Gasteiger partial charge >= 0.3 is 13.6 Å². The van der Waals surface area contributed by atoms with Gasteiger partial charge in [-0.3, -0.25) is 9.36 Å². The fourth-order valence-corrected chi connectivity index (χ4v) is 2.78. The van der Waals surface area contributed by atoms with Crippen LogP contribution < -0.4 is 11.2 Å². The first-order valence-electron chi connectivity index (χ1n) is 5.45. The Morgan fingerprint density at radius 2 is 2.00 bits per heavy atom. The van der Waals surface area contributed by atoms with E-state index in [0.717, 1.165) is 0 Å². The number of carboxylic acid groups (broad SMARTS) is 1. The average molecular weight is 284 g/mol. The summed E-state index contributed by atoms with van der Waals surface area (Å²) < 4.78 is 11.4. The Labute approximate surface area is 108 Å². The fraction of sp³-hybridized carbons (Fsp3) is 0.182. The molecule has 0 fully saturated rings. The van der Waals surface area contributed by atoms with Gasteiger partial charge in [0.2, 0.25) is 0 Å². The Morgan fingerprint density at radius 3 is 2.58 bits per heavy atom. The van der Waals surface area contributed by atoms with Gasteiger partial charge in [-0.25, -0.2) is 0 Å². The summed E-state index contributed by atoms with van der Waals surface area (Å²) in [7, 11) is -4.52. The summed E-state index contributed by atoms with van der Waals surface area (Å²) in [6, 6.07) is 5.52. The van der Waals surface area contributed by atoms with Crippen molar-refractivity contribution in [1.82, 2.24) is 4.98 Å². The van der Waals surface area contributed by atoms with Gasteiger partial charge in [0.15, 0.2) is 0 Å². The van der Waals surface area contributed by atoms with Crippen LogP contribution in [0.5, 0.6) is 0 Å². The van der Waals surface area contributed by atoms with Gasteiger partial charge in [0.05, 0.1) is 0 Å². The molecule has 0 aliphatic rings. The number of carboxylic acids is 1. The van der Waals surface area contributed by atoms with Crippen LogP contribution >= 0.6 is 7.60 Å². The quantitative estimate of drug-likeness (QED) is 0.498. The second-order valence-corrected chi connectivity index (χ2v) is 5.73. The number of benzene rings is 1. The molecular weight excluding hydrogens is 271 g/mol. The number of nitrogens with two attached hydrogens (primary N) is 1. The number of aliphatic carboxylic acids is 1. The fourth-order valence-electron chi connectivity index (χ4n) is 1.95. The second-order valence-electron chi connectivity index (χ2n) is 4.19. The molecule has 1 atom stereocenters. The Bertz CT molecular complexity index is 675. The van der Waals surface area contributed by atoms with E-state index in [9.17, 15) is 19.1 Å². The molecule has 0 bridgehead atoms. The van der Waals surface area contributed by atoms with Crippen molar-refractivity contribution in [2.24, 2.45) is 5.73 Å². The number of para-hydroxylation sites is 1. The molecule has 1 aromatic carbocycles. The summed E-state index contributed by atoms with van der Waals surface area (Å²) in [5.74, 6) is -1.22. The zero-order chi connectivity index (χ0) is 14.2. The van der Waals surface area contributed by atoms with Crippen LogP contribution in [0.4, 0.5) is 0 Å². The lowest BCUT2D eigenvalue weighted by atomic mass is 10.1. The lowest BCUT2D eigenvalue weighted by Crippen LogP contribution is -2.33. The maximum Gasteiger partial charge on any atom is 0.372 e. The molecule has 0 amide bonds. The van der Waals surface area contributed by atoms with Crippen LogP contribution in [-0.2, 0) is 15.8 Å². The van der Waals surface area contributed by atoms with Crippen LogP contribution in [0.1, 0.15) is 5.56 Å². The second kappa shape index (κ2) is 4.79. The number of hydrogen-bond acceptors (Lipinski definition) is 3. The van der Waals surface area contributed by atoms with Gasteiger partial charge < -0.3 is 25.6 Å². The number of rotatable bonds is 4. The minimum atomic E-state index is -4.52. The Balaban J connectivity index is 2.61. The van der Waals surface area contributed by atoms with E-state index in [-0.39, 0.29) is 17.4 Å². The van der Waals surface area contributed by atoms with Gasteiger partial charge in [-0.1, -0.05) is 18.2 Å². The zero-order valence-corrected chi connectivity index (χ0v) is 10.7. The van der Waals surface area contributed by atoms with E-state index in [2.05, 4.69) is 4.98 Å². The first-order valence-corrected chi connectivity index (χ1v) is 7.06. The molecule has 1 heterocycles. The minimum absolute atomic E-state index is 0.153. The molecule has 7 nitrogen and oxygen atoms in total. The van der Waals surface area contributed by atoms with Gasteiger partial charge in [-0.15, -0.1) is 0 Å². The van der Waals surface area contributed by atoms with E-state index in [1.54, 1.807) is 24.3 Å². The minimum Gasteiger partial charge on any atom is -0.480 e. The van der Waals surface area contributed by atoms with Gasteiger partial charge in [0, 0.05) is 17.3 Å². The number of H-pyrrole nitrogens is 1. The topological polar surface area (TPSA) is 137 Å². The van der Waals surface area contributed by atoms with Crippen LogP contribution in [0.25, 0.3) is 10.9 Å². The Morgan fingerprint density at radius 1 is 1.37 bits per heavy atom. The average Bonchev–Trinajstić information content (AvgIpc) is 2.68. The Kier molecular flexibility index (Phi) is 3.47. The van der Waals surface area contributed by atoms with Gasteiger partial charge in [-0.2, -0.15) is 0 Å². The molecule has 102 valence electrons. The highest BCUT2D eigenvalue weighted by Gasteiger charge is 2.28. The number of fused-ring (bicyclic) bond motifs is 1. The molecule has 6 N–H and O–H groups in total. The van der Waals surface area contributed by atoms with Gasteiger partial charge in [-0.05, 0) is 11.6 Å². The molecule has 2 rings (SSSR count). The van der Waals surface area contributed by atoms with Crippen LogP contribution in [-0.4, -0.2) is 31.9 Å². The van der Waals surface area contributed by atoms with E-state index in [1.165, 1.54) is 0 Å². The summed E-state index contributed by atoms with van der Waals surface area (Å²) >= 11 is 0. The summed E-state index contributed by atoms with van der Waals surface area (Å²) in [4.78, 5) is 32.1. The highest BCUT2D eigenvalue weighted by Crippen LogP contribution is 2.37. The number of nitrogens with one attached hydrogen (secondary N) is 1. The standard InChI is InChI=1S/C11H13N2O5P/c12-8(11(14)15)5-7-6-3-1-2-4-9(6)13-10(7)19(16,17)18/h1-4,8,13H,5,12H2,(H,14,15)(H2,16,17,18)/t8-/m0/s1. The molecule has 19 heavy (non-hydrogen) atoms. The van der Waals surface area contributed by atoms with Crippen LogP contribution in [0, 0.1) is 0 Å². The Hall–Kier alpha value is -1.66. The van der Waals surface area contributed by atoms with E-state index in [1.807, 2.05) is 0 Å². The number of hydrogen-bond donors (Lipinski definition) is 5. The van der Waals surface area contributed by atoms with E-state index in [0.29, 0.717) is 10.9 Å². The molecule has 1 aromatic heterocycles. The van der Waals surface area contributed by atoms with Gasteiger partial charge in [0.1, 0.15) is 11.5 Å². The highest BCUT2D eigenvalue weighted by atomic mass is 31.2. The maximum atomic E-state index is 11.4. The normalized spacial score (nSPS) is 13.6. The highest BCUT2D eigenvalue weighted by molar-refractivity contribution is 7.60. The summed E-state index contributed by atoms with van der Waals surface area (Å²) in [5, 5.41) is 9.38. The third kappa shape index (κ3) is 2.69. The molecule has 8 heteroatoms. The molecule has 0 unspecified atom stereocenters. The lowest BCUT2D eigenvalue weighted by molar-refractivity contribution is -0.138. The van der Waals surface area contributed by atoms with E-state index >= 15 is 0 Å². The zero-order valence-electron chi connectivity index (χ0n) is 9.78. The van der Waals surface area contributed by atoms with Gasteiger partial charge in [0.25, 0.3) is 0 Å². The first kappa shape index (κ1) is 13.8. The smallest absolute Gasteiger partial charge is 0.372 e. The molecule has 0 aliphatic carbocycles. The SMILES string of the molecule is N[C@@H](Cc1c(P(=O)(O)O)[nH]c2ccccc12)C(=O)O. The van der Waals surface area contributed by atoms with Crippen molar-refractivity contribution >= 4 is 29.9 Å². The molecule has 0 saturated carbocycles. The van der Waals surface area contributed by atoms with Crippen LogP contribution in [0.15, 0.2) is 24.3 Å². The first-order chi connectivity index (χ1) is 8.80. The number of aromatic nitrogens is 1. The molecule has 0 aliphatic heterocycles. The lowest BCUT2D eigenvalue weighted by Gasteiger charge is -2.09. The third-order valence-corrected chi connectivity index (χ3v) is 3.79. The number of aromatic amines is 1. The van der Waals surface area contributed by atoms with Crippen molar-refractivity contribution in [3.8, 4) is 0 Å². The summed E-state index contributed by atoms with van der Waals surface area (Å²) in [5.41, 5.74) is 5.96. The number of carbonyl (C=O) groups is 1. The van der Waals surface area contributed by atoms with E-state index < -0.39 is 19.6 Å². The third-order valence-electron chi connectivity index (χ3n) is 2.82.